The summed E-state index contributed by atoms with van der Waals surface area (Å²) >= 11 is 0. The molecule has 0 fully saturated rings. The van der Waals surface area contributed by atoms with Gasteiger partial charge in [0, 0.05) is 26.2 Å². The third-order valence-corrected chi connectivity index (χ3v) is 3.02. The lowest BCUT2D eigenvalue weighted by atomic mass is 10.1. The van der Waals surface area contributed by atoms with Crippen LogP contribution < -0.4 is 5.73 Å². The lowest BCUT2D eigenvalue weighted by Crippen LogP contribution is -2.34. The van der Waals surface area contributed by atoms with Crippen molar-refractivity contribution in [2.24, 2.45) is 5.73 Å². The predicted molar refractivity (Wildman–Crippen MR) is 72.1 cm³/mol. The van der Waals surface area contributed by atoms with Crippen molar-refractivity contribution >= 4 is 0 Å². The van der Waals surface area contributed by atoms with Gasteiger partial charge in [-0.25, -0.2) is 0 Å². The van der Waals surface area contributed by atoms with Crippen molar-refractivity contribution in [2.45, 2.75) is 19.9 Å². The Labute approximate surface area is 105 Å². The highest BCUT2D eigenvalue weighted by atomic mass is 16.5. The van der Waals surface area contributed by atoms with Gasteiger partial charge in [0.15, 0.2) is 0 Å². The molecule has 1 atom stereocenters. The minimum atomic E-state index is 0.0763. The van der Waals surface area contributed by atoms with Gasteiger partial charge in [-0.15, -0.1) is 0 Å². The van der Waals surface area contributed by atoms with Crippen molar-refractivity contribution in [2.75, 3.05) is 33.4 Å². The summed E-state index contributed by atoms with van der Waals surface area (Å²) in [6.45, 7) is 7.82. The van der Waals surface area contributed by atoms with Crippen LogP contribution in [0.3, 0.4) is 0 Å². The molecule has 0 aromatic heterocycles. The van der Waals surface area contributed by atoms with Crippen LogP contribution in [-0.2, 0) is 4.74 Å². The van der Waals surface area contributed by atoms with E-state index in [1.54, 1.807) is 7.11 Å². The van der Waals surface area contributed by atoms with E-state index in [4.69, 9.17) is 10.5 Å². The fourth-order valence-electron chi connectivity index (χ4n) is 1.80. The highest BCUT2D eigenvalue weighted by Gasteiger charge is 2.10. The van der Waals surface area contributed by atoms with Gasteiger partial charge in [-0.05, 0) is 19.0 Å². The van der Waals surface area contributed by atoms with E-state index in [0.717, 1.165) is 26.2 Å². The third-order valence-electron chi connectivity index (χ3n) is 3.02. The Morgan fingerprint density at radius 3 is 2.47 bits per heavy atom. The Kier molecular flexibility index (Phi) is 6.19. The molecule has 1 unspecified atom stereocenters. The number of rotatable bonds is 7. The van der Waals surface area contributed by atoms with E-state index in [-0.39, 0.29) is 6.04 Å². The van der Waals surface area contributed by atoms with Gasteiger partial charge >= 0.3 is 0 Å². The maximum absolute atomic E-state index is 6.21. The first-order valence-electron chi connectivity index (χ1n) is 6.20. The normalized spacial score (nSPS) is 13.0. The first-order chi connectivity index (χ1) is 8.17. The molecule has 0 saturated carbocycles. The van der Waals surface area contributed by atoms with Crippen LogP contribution in [0.5, 0.6) is 0 Å². The van der Waals surface area contributed by atoms with Gasteiger partial charge in [0.2, 0.25) is 0 Å². The number of hydrogen-bond acceptors (Lipinski definition) is 3. The molecular weight excluding hydrogens is 212 g/mol. The average molecular weight is 236 g/mol. The zero-order chi connectivity index (χ0) is 12.7. The molecule has 0 amide bonds. The number of hydrogen-bond donors (Lipinski definition) is 1. The second kappa shape index (κ2) is 7.43. The Morgan fingerprint density at radius 2 is 1.94 bits per heavy atom. The second-order valence-electron chi connectivity index (χ2n) is 4.40. The van der Waals surface area contributed by atoms with Crippen LogP contribution in [0.2, 0.25) is 0 Å². The Balaban J connectivity index is 2.51. The predicted octanol–water partition coefficient (Wildman–Crippen LogP) is 1.96. The maximum atomic E-state index is 6.21. The van der Waals surface area contributed by atoms with Crippen molar-refractivity contribution in [3.05, 3.63) is 35.4 Å². The molecule has 0 aliphatic heterocycles. The quantitative estimate of drug-likeness (QED) is 0.786. The number of nitrogens with zero attached hydrogens (tertiary/aromatic N) is 1. The van der Waals surface area contributed by atoms with Crippen molar-refractivity contribution in [3.8, 4) is 0 Å². The first kappa shape index (κ1) is 14.2. The summed E-state index contributed by atoms with van der Waals surface area (Å²) in [5.41, 5.74) is 8.68. The van der Waals surface area contributed by atoms with E-state index < -0.39 is 0 Å². The van der Waals surface area contributed by atoms with Gasteiger partial charge in [0.1, 0.15) is 0 Å². The van der Waals surface area contributed by atoms with Crippen LogP contribution in [0.25, 0.3) is 0 Å². The standard InChI is InChI=1S/C14H24N2O/c1-4-16(9-10-17-3)11-14(15)13-7-5-12(2)6-8-13/h5-8,14H,4,9-11,15H2,1-3H3. The number of likely N-dealkylation sites (N-methyl/N-ethyl adjacent to an activating group) is 1. The summed E-state index contributed by atoms with van der Waals surface area (Å²) < 4.78 is 5.09. The number of methoxy groups -OCH3 is 1. The van der Waals surface area contributed by atoms with Crippen LogP contribution in [0.4, 0.5) is 0 Å². The molecule has 1 aromatic carbocycles. The van der Waals surface area contributed by atoms with Crippen molar-refractivity contribution in [3.63, 3.8) is 0 Å². The van der Waals surface area contributed by atoms with E-state index in [1.165, 1.54) is 11.1 Å². The molecule has 1 aromatic rings. The molecule has 0 radical (unpaired) electrons. The summed E-state index contributed by atoms with van der Waals surface area (Å²) in [7, 11) is 1.73. The van der Waals surface area contributed by atoms with Gasteiger partial charge in [0.05, 0.1) is 6.61 Å². The topological polar surface area (TPSA) is 38.5 Å². The van der Waals surface area contributed by atoms with Crippen LogP contribution >= 0.6 is 0 Å². The maximum Gasteiger partial charge on any atom is 0.0589 e. The van der Waals surface area contributed by atoms with Gasteiger partial charge in [0.25, 0.3) is 0 Å². The summed E-state index contributed by atoms with van der Waals surface area (Å²) in [5, 5.41) is 0. The molecule has 1 rings (SSSR count). The van der Waals surface area contributed by atoms with Crippen LogP contribution in [0.1, 0.15) is 24.1 Å². The van der Waals surface area contributed by atoms with Gasteiger partial charge in [-0.1, -0.05) is 36.8 Å². The molecule has 0 spiro atoms. The zero-order valence-electron chi connectivity index (χ0n) is 11.1. The van der Waals surface area contributed by atoms with E-state index >= 15 is 0 Å². The third kappa shape index (κ3) is 4.86. The van der Waals surface area contributed by atoms with Crippen molar-refractivity contribution in [1.29, 1.82) is 0 Å². The SMILES string of the molecule is CCN(CCOC)CC(N)c1ccc(C)cc1. The minimum Gasteiger partial charge on any atom is -0.383 e. The molecule has 2 N–H and O–H groups in total. The highest BCUT2D eigenvalue weighted by molar-refractivity contribution is 5.24. The Bertz CT molecular complexity index is 311. The summed E-state index contributed by atoms with van der Waals surface area (Å²) in [4.78, 5) is 2.31. The zero-order valence-corrected chi connectivity index (χ0v) is 11.1. The smallest absolute Gasteiger partial charge is 0.0589 e. The van der Waals surface area contributed by atoms with Crippen LogP contribution in [0.15, 0.2) is 24.3 Å². The van der Waals surface area contributed by atoms with E-state index in [1.807, 2.05) is 0 Å². The van der Waals surface area contributed by atoms with Crippen molar-refractivity contribution in [1.82, 2.24) is 4.90 Å². The molecular formula is C14H24N2O. The monoisotopic (exact) mass is 236 g/mol. The summed E-state index contributed by atoms with van der Waals surface area (Å²) in [6.07, 6.45) is 0. The molecule has 0 aliphatic rings. The Morgan fingerprint density at radius 1 is 1.29 bits per heavy atom. The van der Waals surface area contributed by atoms with Crippen LogP contribution in [-0.4, -0.2) is 38.3 Å². The lowest BCUT2D eigenvalue weighted by molar-refractivity contribution is 0.147. The molecule has 0 aliphatic carbocycles. The molecule has 3 heteroatoms. The largest absolute Gasteiger partial charge is 0.383 e. The molecule has 17 heavy (non-hydrogen) atoms. The fourth-order valence-corrected chi connectivity index (χ4v) is 1.80. The summed E-state index contributed by atoms with van der Waals surface area (Å²) in [6, 6.07) is 8.53. The highest BCUT2D eigenvalue weighted by Crippen LogP contribution is 2.12. The molecule has 0 saturated heterocycles. The number of nitrogens with two attached hydrogens (primary N) is 1. The first-order valence-corrected chi connectivity index (χ1v) is 6.20. The van der Waals surface area contributed by atoms with Gasteiger partial charge < -0.3 is 10.5 Å². The molecule has 96 valence electrons. The lowest BCUT2D eigenvalue weighted by Gasteiger charge is -2.24. The van der Waals surface area contributed by atoms with Crippen molar-refractivity contribution < 1.29 is 4.74 Å². The Hall–Kier alpha value is -0.900. The van der Waals surface area contributed by atoms with E-state index in [2.05, 4.69) is 43.0 Å². The fraction of sp³-hybridized carbons (Fsp3) is 0.571. The minimum absolute atomic E-state index is 0.0763. The van der Waals surface area contributed by atoms with E-state index in [9.17, 15) is 0 Å². The summed E-state index contributed by atoms with van der Waals surface area (Å²) in [5.74, 6) is 0. The number of ether oxygens (including phenoxy) is 1. The molecule has 0 heterocycles. The average Bonchev–Trinajstić information content (AvgIpc) is 2.35. The molecule has 3 nitrogen and oxygen atoms in total. The second-order valence-corrected chi connectivity index (χ2v) is 4.40. The van der Waals surface area contributed by atoms with Gasteiger partial charge in [-0.3, -0.25) is 4.90 Å². The van der Waals surface area contributed by atoms with Gasteiger partial charge in [-0.2, -0.15) is 0 Å². The molecule has 0 bridgehead atoms. The number of benzene rings is 1. The van der Waals surface area contributed by atoms with Crippen LogP contribution in [0, 0.1) is 6.92 Å². The number of aryl methyl sites for hydroxylation is 1. The van der Waals surface area contributed by atoms with E-state index in [0.29, 0.717) is 0 Å².